The van der Waals surface area contributed by atoms with Crippen LogP contribution in [0.1, 0.15) is 36.0 Å². The fourth-order valence-corrected chi connectivity index (χ4v) is 3.78. The Hall–Kier alpha value is -2.16. The Morgan fingerprint density at radius 1 is 1.11 bits per heavy atom. The molecule has 0 saturated carbocycles. The molecule has 0 aliphatic carbocycles. The van der Waals surface area contributed by atoms with E-state index in [0.29, 0.717) is 22.2 Å². The average Bonchev–Trinajstić information content (AvgIpc) is 2.90. The van der Waals surface area contributed by atoms with Crippen LogP contribution in [0, 0.1) is 0 Å². The van der Waals surface area contributed by atoms with E-state index in [2.05, 4.69) is 15.2 Å². The van der Waals surface area contributed by atoms with Gasteiger partial charge in [-0.15, -0.1) is 0 Å². The van der Waals surface area contributed by atoms with Crippen molar-refractivity contribution in [1.82, 2.24) is 4.98 Å². The summed E-state index contributed by atoms with van der Waals surface area (Å²) in [7, 11) is -3.85. The summed E-state index contributed by atoms with van der Waals surface area (Å²) in [6, 6.07) is 9.01. The SMILES string of the molecule is NS(=O)(=O)c1cccc(NC(=O)c2ccc(Cl)nc2N2CCCCCC2)c1. The maximum atomic E-state index is 12.8. The van der Waals surface area contributed by atoms with E-state index < -0.39 is 10.0 Å². The van der Waals surface area contributed by atoms with E-state index in [-0.39, 0.29) is 10.8 Å². The van der Waals surface area contributed by atoms with Crippen molar-refractivity contribution in [3.8, 4) is 0 Å². The summed E-state index contributed by atoms with van der Waals surface area (Å²) in [5.41, 5.74) is 0.727. The summed E-state index contributed by atoms with van der Waals surface area (Å²) in [5, 5.41) is 8.19. The maximum absolute atomic E-state index is 12.8. The Morgan fingerprint density at radius 2 is 1.81 bits per heavy atom. The molecule has 1 amide bonds. The minimum Gasteiger partial charge on any atom is -0.356 e. The van der Waals surface area contributed by atoms with E-state index in [0.717, 1.165) is 38.8 Å². The van der Waals surface area contributed by atoms with Crippen LogP contribution in [0.4, 0.5) is 11.5 Å². The van der Waals surface area contributed by atoms with Crippen LogP contribution in [0.2, 0.25) is 5.15 Å². The van der Waals surface area contributed by atoms with Crippen molar-refractivity contribution in [1.29, 1.82) is 0 Å². The molecule has 0 bridgehead atoms. The van der Waals surface area contributed by atoms with E-state index >= 15 is 0 Å². The van der Waals surface area contributed by atoms with Gasteiger partial charge in [-0.25, -0.2) is 18.5 Å². The molecule has 1 aromatic carbocycles. The number of rotatable bonds is 4. The van der Waals surface area contributed by atoms with Crippen molar-refractivity contribution in [3.63, 3.8) is 0 Å². The van der Waals surface area contributed by atoms with Gasteiger partial charge in [0.2, 0.25) is 10.0 Å². The van der Waals surface area contributed by atoms with Crippen molar-refractivity contribution >= 4 is 39.0 Å². The van der Waals surface area contributed by atoms with E-state index in [1.165, 1.54) is 18.2 Å². The van der Waals surface area contributed by atoms with Crippen molar-refractivity contribution < 1.29 is 13.2 Å². The molecule has 0 unspecified atom stereocenters. The van der Waals surface area contributed by atoms with Crippen LogP contribution in [-0.4, -0.2) is 32.4 Å². The largest absolute Gasteiger partial charge is 0.356 e. The van der Waals surface area contributed by atoms with Crippen LogP contribution in [0.5, 0.6) is 0 Å². The average molecular weight is 409 g/mol. The zero-order valence-electron chi connectivity index (χ0n) is 14.7. The standard InChI is InChI=1S/C18H21ClN4O3S/c19-16-9-8-15(17(22-16)23-10-3-1-2-4-11-23)18(24)21-13-6-5-7-14(12-13)27(20,25)26/h5-9,12H,1-4,10-11H2,(H,21,24)(H2,20,25,26). The van der Waals surface area contributed by atoms with Crippen molar-refractivity contribution in [2.45, 2.75) is 30.6 Å². The molecular weight excluding hydrogens is 388 g/mol. The van der Waals surface area contributed by atoms with Gasteiger partial charge in [-0.2, -0.15) is 0 Å². The fraction of sp³-hybridized carbons (Fsp3) is 0.333. The zero-order valence-corrected chi connectivity index (χ0v) is 16.3. The smallest absolute Gasteiger partial charge is 0.259 e. The van der Waals surface area contributed by atoms with Crippen LogP contribution >= 0.6 is 11.6 Å². The third-order valence-electron chi connectivity index (χ3n) is 4.41. The van der Waals surface area contributed by atoms with Crippen LogP contribution in [0.3, 0.4) is 0 Å². The number of nitrogens with zero attached hydrogens (tertiary/aromatic N) is 2. The number of carbonyl (C=O) groups is 1. The monoisotopic (exact) mass is 408 g/mol. The summed E-state index contributed by atoms with van der Waals surface area (Å²) in [5.74, 6) is 0.162. The van der Waals surface area contributed by atoms with Gasteiger partial charge in [-0.1, -0.05) is 30.5 Å². The molecular formula is C18H21ClN4O3S. The zero-order chi connectivity index (χ0) is 19.4. The number of nitrogens with one attached hydrogen (secondary N) is 1. The first-order valence-corrected chi connectivity index (χ1v) is 10.6. The molecule has 0 atom stereocenters. The van der Waals surface area contributed by atoms with Crippen LogP contribution in [0.15, 0.2) is 41.3 Å². The van der Waals surface area contributed by atoms with Gasteiger partial charge >= 0.3 is 0 Å². The molecule has 9 heteroatoms. The van der Waals surface area contributed by atoms with Gasteiger partial charge in [-0.3, -0.25) is 4.79 Å². The summed E-state index contributed by atoms with van der Waals surface area (Å²) >= 11 is 6.06. The van der Waals surface area contributed by atoms with Gasteiger partial charge in [0.1, 0.15) is 11.0 Å². The Balaban J connectivity index is 1.89. The lowest BCUT2D eigenvalue weighted by atomic mass is 10.2. The summed E-state index contributed by atoms with van der Waals surface area (Å²) in [6.45, 7) is 1.63. The number of hydrogen-bond donors (Lipinski definition) is 2. The first kappa shape index (κ1) is 19.6. The van der Waals surface area contributed by atoms with Gasteiger partial charge in [0.25, 0.3) is 5.91 Å². The molecule has 1 saturated heterocycles. The number of benzene rings is 1. The molecule has 144 valence electrons. The molecule has 1 aromatic heterocycles. The van der Waals surface area contributed by atoms with E-state index in [1.807, 2.05) is 0 Å². The number of anilines is 2. The number of carbonyl (C=O) groups excluding carboxylic acids is 1. The minimum atomic E-state index is -3.85. The Bertz CT molecular complexity index is 941. The number of primary sulfonamides is 1. The van der Waals surface area contributed by atoms with Crippen molar-refractivity contribution in [2.75, 3.05) is 23.3 Å². The van der Waals surface area contributed by atoms with Gasteiger partial charge in [0.15, 0.2) is 0 Å². The second-order valence-corrected chi connectivity index (χ2v) is 8.38. The number of aromatic nitrogens is 1. The first-order chi connectivity index (χ1) is 12.8. The van der Waals surface area contributed by atoms with Crippen molar-refractivity contribution in [2.24, 2.45) is 5.14 Å². The Kier molecular flexibility index (Phi) is 5.98. The van der Waals surface area contributed by atoms with Gasteiger partial charge < -0.3 is 10.2 Å². The fourth-order valence-electron chi connectivity index (χ4n) is 3.08. The molecule has 27 heavy (non-hydrogen) atoms. The lowest BCUT2D eigenvalue weighted by Crippen LogP contribution is -2.28. The van der Waals surface area contributed by atoms with E-state index in [1.54, 1.807) is 18.2 Å². The highest BCUT2D eigenvalue weighted by molar-refractivity contribution is 7.89. The molecule has 7 nitrogen and oxygen atoms in total. The molecule has 1 aliphatic rings. The molecule has 0 radical (unpaired) electrons. The predicted molar refractivity (Wildman–Crippen MR) is 106 cm³/mol. The number of sulfonamides is 1. The second kappa shape index (κ2) is 8.24. The number of amides is 1. The maximum Gasteiger partial charge on any atom is 0.259 e. The second-order valence-electron chi connectivity index (χ2n) is 6.43. The van der Waals surface area contributed by atoms with Crippen LogP contribution in [-0.2, 0) is 10.0 Å². The molecule has 1 aliphatic heterocycles. The molecule has 1 fully saturated rings. The van der Waals surface area contributed by atoms with Crippen molar-refractivity contribution in [3.05, 3.63) is 47.1 Å². The summed E-state index contributed by atoms with van der Waals surface area (Å²) < 4.78 is 23.0. The van der Waals surface area contributed by atoms with Crippen LogP contribution < -0.4 is 15.4 Å². The highest BCUT2D eigenvalue weighted by Gasteiger charge is 2.20. The van der Waals surface area contributed by atoms with Gasteiger partial charge in [0, 0.05) is 18.8 Å². The number of hydrogen-bond acceptors (Lipinski definition) is 5. The third-order valence-corrected chi connectivity index (χ3v) is 5.53. The molecule has 2 heterocycles. The van der Waals surface area contributed by atoms with Crippen LogP contribution in [0.25, 0.3) is 0 Å². The molecule has 3 rings (SSSR count). The highest BCUT2D eigenvalue weighted by atomic mass is 35.5. The lowest BCUT2D eigenvalue weighted by molar-refractivity contribution is 0.102. The topological polar surface area (TPSA) is 105 Å². The number of pyridine rings is 1. The normalized spacial score (nSPS) is 15.3. The Labute approximate surface area is 163 Å². The first-order valence-electron chi connectivity index (χ1n) is 8.70. The van der Waals surface area contributed by atoms with E-state index in [4.69, 9.17) is 16.7 Å². The Morgan fingerprint density at radius 3 is 2.48 bits per heavy atom. The third kappa shape index (κ3) is 4.97. The number of nitrogens with two attached hydrogens (primary N) is 1. The summed E-state index contributed by atoms with van der Waals surface area (Å²) in [6.07, 6.45) is 4.37. The van der Waals surface area contributed by atoms with Gasteiger partial charge in [-0.05, 0) is 43.2 Å². The minimum absolute atomic E-state index is 0.0673. The molecule has 0 spiro atoms. The molecule has 3 N–H and O–H groups in total. The molecule has 2 aromatic rings. The van der Waals surface area contributed by atoms with E-state index in [9.17, 15) is 13.2 Å². The number of halogens is 1. The lowest BCUT2D eigenvalue weighted by Gasteiger charge is -2.24. The highest BCUT2D eigenvalue weighted by Crippen LogP contribution is 2.25. The summed E-state index contributed by atoms with van der Waals surface area (Å²) in [4.78, 5) is 19.2. The quantitative estimate of drug-likeness (QED) is 0.756. The predicted octanol–water partition coefficient (Wildman–Crippen LogP) is 3.02. The van der Waals surface area contributed by atoms with Gasteiger partial charge in [0.05, 0.1) is 10.5 Å².